The number of aryl methyl sites for hydroxylation is 1. The van der Waals surface area contributed by atoms with Crippen molar-refractivity contribution in [3.05, 3.63) is 45.7 Å². The molecule has 3 rings (SSSR count). The van der Waals surface area contributed by atoms with Crippen LogP contribution in [-0.4, -0.2) is 10.5 Å². The molecule has 19 heavy (non-hydrogen) atoms. The Morgan fingerprint density at radius 1 is 1.21 bits per heavy atom. The SMILES string of the molecule is CC(C)[C@H]1NC(=O)c2c1n(C)c1ccccc1c2=O. The van der Waals surface area contributed by atoms with Gasteiger partial charge in [0.1, 0.15) is 5.56 Å². The van der Waals surface area contributed by atoms with Gasteiger partial charge in [-0.05, 0) is 18.1 Å². The van der Waals surface area contributed by atoms with Crippen molar-refractivity contribution in [3.8, 4) is 0 Å². The van der Waals surface area contributed by atoms with Crippen molar-refractivity contribution in [2.45, 2.75) is 19.9 Å². The molecule has 4 heteroatoms. The van der Waals surface area contributed by atoms with Gasteiger partial charge in [0, 0.05) is 12.4 Å². The summed E-state index contributed by atoms with van der Waals surface area (Å²) >= 11 is 0. The van der Waals surface area contributed by atoms with Gasteiger partial charge in [0.15, 0.2) is 0 Å². The first-order valence-corrected chi connectivity index (χ1v) is 6.45. The molecule has 2 aromatic rings. The van der Waals surface area contributed by atoms with Gasteiger partial charge >= 0.3 is 0 Å². The molecular formula is C15H16N2O2. The average Bonchev–Trinajstić information content (AvgIpc) is 2.74. The highest BCUT2D eigenvalue weighted by Crippen LogP contribution is 2.30. The first kappa shape index (κ1) is 12.0. The molecule has 1 aromatic heterocycles. The number of amides is 1. The van der Waals surface area contributed by atoms with Crippen molar-refractivity contribution in [1.29, 1.82) is 0 Å². The van der Waals surface area contributed by atoms with E-state index in [-0.39, 0.29) is 23.3 Å². The van der Waals surface area contributed by atoms with E-state index in [0.29, 0.717) is 10.9 Å². The molecule has 0 fully saturated rings. The van der Waals surface area contributed by atoms with Crippen LogP contribution >= 0.6 is 0 Å². The third-order valence-electron chi connectivity index (χ3n) is 3.83. The van der Waals surface area contributed by atoms with E-state index in [2.05, 4.69) is 5.32 Å². The highest BCUT2D eigenvalue weighted by molar-refractivity contribution is 6.01. The first-order valence-electron chi connectivity index (χ1n) is 6.45. The van der Waals surface area contributed by atoms with Crippen LogP contribution in [0.4, 0.5) is 0 Å². The maximum Gasteiger partial charge on any atom is 0.257 e. The number of carbonyl (C=O) groups excluding carboxylic acids is 1. The topological polar surface area (TPSA) is 51.1 Å². The summed E-state index contributed by atoms with van der Waals surface area (Å²) in [5, 5.41) is 3.52. The number of para-hydroxylation sites is 1. The summed E-state index contributed by atoms with van der Waals surface area (Å²) in [6.07, 6.45) is 0. The minimum absolute atomic E-state index is 0.0928. The van der Waals surface area contributed by atoms with Crippen LogP contribution in [0.25, 0.3) is 10.9 Å². The summed E-state index contributed by atoms with van der Waals surface area (Å²) in [5.74, 6) is -0.00276. The quantitative estimate of drug-likeness (QED) is 0.848. The lowest BCUT2D eigenvalue weighted by Crippen LogP contribution is -2.24. The van der Waals surface area contributed by atoms with Gasteiger partial charge in [-0.1, -0.05) is 26.0 Å². The molecule has 1 aliphatic rings. The summed E-state index contributed by atoms with van der Waals surface area (Å²) in [6, 6.07) is 7.32. The van der Waals surface area contributed by atoms with Crippen LogP contribution in [-0.2, 0) is 7.05 Å². The molecule has 0 spiro atoms. The summed E-state index contributed by atoms with van der Waals surface area (Å²) in [5.41, 5.74) is 1.82. The van der Waals surface area contributed by atoms with E-state index >= 15 is 0 Å². The predicted molar refractivity (Wildman–Crippen MR) is 74.2 cm³/mol. The van der Waals surface area contributed by atoms with Gasteiger partial charge in [-0.2, -0.15) is 0 Å². The van der Waals surface area contributed by atoms with Crippen LogP contribution in [0.2, 0.25) is 0 Å². The number of carbonyl (C=O) groups is 1. The van der Waals surface area contributed by atoms with Crippen molar-refractivity contribution in [2.75, 3.05) is 0 Å². The molecule has 0 saturated heterocycles. The van der Waals surface area contributed by atoms with Gasteiger partial charge in [0.05, 0.1) is 17.3 Å². The third kappa shape index (κ3) is 1.52. The molecule has 0 unspecified atom stereocenters. The standard InChI is InChI=1S/C15H16N2O2/c1-8(2)12-13-11(15(19)16-12)14(18)9-6-4-5-7-10(9)17(13)3/h4-8,12H,1-3H3,(H,16,19)/t12-/m1/s1. The van der Waals surface area contributed by atoms with E-state index in [0.717, 1.165) is 11.2 Å². The zero-order valence-corrected chi connectivity index (χ0v) is 11.2. The van der Waals surface area contributed by atoms with Gasteiger partial charge in [-0.3, -0.25) is 9.59 Å². The van der Waals surface area contributed by atoms with Gasteiger partial charge < -0.3 is 9.88 Å². The van der Waals surface area contributed by atoms with Crippen molar-refractivity contribution in [3.63, 3.8) is 0 Å². The van der Waals surface area contributed by atoms with Crippen molar-refractivity contribution >= 4 is 16.8 Å². The van der Waals surface area contributed by atoms with Crippen molar-refractivity contribution in [1.82, 2.24) is 9.88 Å². The first-order chi connectivity index (χ1) is 9.02. The van der Waals surface area contributed by atoms with Crippen LogP contribution < -0.4 is 10.7 Å². The number of rotatable bonds is 1. The van der Waals surface area contributed by atoms with Crippen molar-refractivity contribution < 1.29 is 4.79 Å². The minimum Gasteiger partial charge on any atom is -0.345 e. The predicted octanol–water partition coefficient (Wildman–Crippen LogP) is 1.98. The second-order valence-electron chi connectivity index (χ2n) is 5.36. The van der Waals surface area contributed by atoms with Gasteiger partial charge in [0.2, 0.25) is 5.43 Å². The van der Waals surface area contributed by atoms with Crippen LogP contribution in [0.3, 0.4) is 0 Å². The van der Waals surface area contributed by atoms with Crippen molar-refractivity contribution in [2.24, 2.45) is 13.0 Å². The smallest absolute Gasteiger partial charge is 0.257 e. The third-order valence-corrected chi connectivity index (χ3v) is 3.83. The summed E-state index contributed by atoms with van der Waals surface area (Å²) < 4.78 is 1.97. The number of nitrogens with zero attached hydrogens (tertiary/aromatic N) is 1. The van der Waals surface area contributed by atoms with Gasteiger partial charge in [-0.25, -0.2) is 0 Å². The van der Waals surface area contributed by atoms with Crippen LogP contribution in [0, 0.1) is 5.92 Å². The number of aromatic nitrogens is 1. The number of pyridine rings is 1. The second-order valence-corrected chi connectivity index (χ2v) is 5.36. The van der Waals surface area contributed by atoms with Crippen LogP contribution in [0.15, 0.2) is 29.1 Å². The molecule has 1 aromatic carbocycles. The number of benzene rings is 1. The summed E-state index contributed by atoms with van der Waals surface area (Å²) in [7, 11) is 1.91. The maximum absolute atomic E-state index is 12.5. The Labute approximate surface area is 111 Å². The Kier molecular flexibility index (Phi) is 2.49. The molecule has 0 aliphatic carbocycles. The zero-order valence-electron chi connectivity index (χ0n) is 11.2. The van der Waals surface area contributed by atoms with E-state index in [4.69, 9.17) is 0 Å². The van der Waals surface area contributed by atoms with Crippen LogP contribution in [0.5, 0.6) is 0 Å². The number of fused-ring (bicyclic) bond motifs is 2. The minimum atomic E-state index is -0.250. The molecule has 1 aliphatic heterocycles. The lowest BCUT2D eigenvalue weighted by Gasteiger charge is -2.19. The van der Waals surface area contributed by atoms with Gasteiger partial charge in [0.25, 0.3) is 5.91 Å². The van der Waals surface area contributed by atoms with E-state index < -0.39 is 0 Å². The molecule has 98 valence electrons. The fourth-order valence-corrected chi connectivity index (χ4v) is 2.85. The number of hydrogen-bond acceptors (Lipinski definition) is 2. The average molecular weight is 256 g/mol. The van der Waals surface area contributed by atoms with Gasteiger partial charge in [-0.15, -0.1) is 0 Å². The lowest BCUT2D eigenvalue weighted by molar-refractivity contribution is 0.0948. The highest BCUT2D eigenvalue weighted by Gasteiger charge is 2.35. The zero-order chi connectivity index (χ0) is 13.7. The van der Waals surface area contributed by atoms with E-state index in [9.17, 15) is 9.59 Å². The molecule has 1 atom stereocenters. The van der Waals surface area contributed by atoms with E-state index in [1.165, 1.54) is 0 Å². The second kappa shape index (κ2) is 3.95. The molecular weight excluding hydrogens is 240 g/mol. The summed E-state index contributed by atoms with van der Waals surface area (Å²) in [6.45, 7) is 4.08. The highest BCUT2D eigenvalue weighted by atomic mass is 16.2. The monoisotopic (exact) mass is 256 g/mol. The largest absolute Gasteiger partial charge is 0.345 e. The molecule has 4 nitrogen and oxygen atoms in total. The normalized spacial score (nSPS) is 17.9. The molecule has 0 saturated carbocycles. The lowest BCUT2D eigenvalue weighted by atomic mass is 9.99. The summed E-state index contributed by atoms with van der Waals surface area (Å²) in [4.78, 5) is 24.5. The Bertz CT molecular complexity index is 744. The fourth-order valence-electron chi connectivity index (χ4n) is 2.85. The fraction of sp³-hybridized carbons (Fsp3) is 0.333. The van der Waals surface area contributed by atoms with E-state index in [1.807, 2.05) is 43.7 Å². The Balaban J connectivity index is 2.47. The molecule has 1 N–H and O–H groups in total. The van der Waals surface area contributed by atoms with Crippen LogP contribution in [0.1, 0.15) is 35.9 Å². The maximum atomic E-state index is 12.5. The number of nitrogens with one attached hydrogen (secondary N) is 1. The Morgan fingerprint density at radius 3 is 2.58 bits per heavy atom. The molecule has 0 radical (unpaired) electrons. The molecule has 2 heterocycles. The molecule has 0 bridgehead atoms. The number of hydrogen-bond donors (Lipinski definition) is 1. The Morgan fingerprint density at radius 2 is 1.89 bits per heavy atom. The Hall–Kier alpha value is -2.10. The molecule has 1 amide bonds. The van der Waals surface area contributed by atoms with E-state index in [1.54, 1.807) is 6.07 Å².